The Morgan fingerprint density at radius 1 is 1.56 bits per heavy atom. The summed E-state index contributed by atoms with van der Waals surface area (Å²) >= 11 is 0. The molecule has 2 aliphatic rings. The number of morpholine rings is 1. The van der Waals surface area contributed by atoms with Crippen molar-refractivity contribution in [2.24, 2.45) is 0 Å². The number of aliphatic hydroxyl groups excluding tert-OH is 1. The lowest BCUT2D eigenvalue weighted by atomic mass is 10.1. The Balaban J connectivity index is 1.82. The first-order valence-electron chi connectivity index (χ1n) is 6.02. The zero-order valence-electron chi connectivity index (χ0n) is 9.52. The molecule has 0 radical (unpaired) electrons. The molecule has 5 heteroatoms. The molecule has 0 bridgehead atoms. The van der Waals surface area contributed by atoms with Gasteiger partial charge in [-0.3, -0.25) is 4.79 Å². The van der Waals surface area contributed by atoms with Crippen molar-refractivity contribution in [3.8, 4) is 0 Å². The fourth-order valence-electron chi connectivity index (χ4n) is 2.43. The standard InChI is InChI=1S/C11H20N2O3/c14-7-10-2-1-4-13(10)11(15)6-9-8-16-5-3-12-9/h9-10,12,14H,1-8H2/t9?,10-/m0/s1. The van der Waals surface area contributed by atoms with Gasteiger partial charge >= 0.3 is 0 Å². The van der Waals surface area contributed by atoms with E-state index in [1.165, 1.54) is 0 Å². The van der Waals surface area contributed by atoms with E-state index < -0.39 is 0 Å². The fraction of sp³-hybridized carbons (Fsp3) is 0.909. The minimum Gasteiger partial charge on any atom is -0.394 e. The highest BCUT2D eigenvalue weighted by Gasteiger charge is 2.29. The van der Waals surface area contributed by atoms with Crippen LogP contribution >= 0.6 is 0 Å². The lowest BCUT2D eigenvalue weighted by Gasteiger charge is -2.28. The van der Waals surface area contributed by atoms with Crippen LogP contribution in [0.5, 0.6) is 0 Å². The van der Waals surface area contributed by atoms with Crippen LogP contribution in [-0.4, -0.2) is 60.9 Å². The van der Waals surface area contributed by atoms with E-state index in [-0.39, 0.29) is 24.6 Å². The van der Waals surface area contributed by atoms with Crippen molar-refractivity contribution >= 4 is 5.91 Å². The van der Waals surface area contributed by atoms with Gasteiger partial charge in [-0.2, -0.15) is 0 Å². The molecule has 16 heavy (non-hydrogen) atoms. The van der Waals surface area contributed by atoms with Crippen molar-refractivity contribution in [3.63, 3.8) is 0 Å². The maximum Gasteiger partial charge on any atom is 0.224 e. The summed E-state index contributed by atoms with van der Waals surface area (Å²) in [5.74, 6) is 0.138. The number of aliphatic hydroxyl groups is 1. The predicted octanol–water partition coefficient (Wildman–Crippen LogP) is -0.652. The van der Waals surface area contributed by atoms with E-state index in [9.17, 15) is 4.79 Å². The minimum atomic E-state index is 0.0389. The highest BCUT2D eigenvalue weighted by atomic mass is 16.5. The average Bonchev–Trinajstić information content (AvgIpc) is 2.78. The van der Waals surface area contributed by atoms with Crippen LogP contribution in [0.15, 0.2) is 0 Å². The molecule has 2 saturated heterocycles. The van der Waals surface area contributed by atoms with E-state index in [1.807, 2.05) is 4.90 Å². The number of hydrogen-bond donors (Lipinski definition) is 2. The molecule has 5 nitrogen and oxygen atoms in total. The van der Waals surface area contributed by atoms with Crippen LogP contribution in [0.4, 0.5) is 0 Å². The van der Waals surface area contributed by atoms with Crippen molar-refractivity contribution in [3.05, 3.63) is 0 Å². The quantitative estimate of drug-likeness (QED) is 0.674. The van der Waals surface area contributed by atoms with Crippen LogP contribution in [0.3, 0.4) is 0 Å². The molecule has 2 aliphatic heterocycles. The van der Waals surface area contributed by atoms with Crippen LogP contribution < -0.4 is 5.32 Å². The SMILES string of the molecule is O=C(CC1COCCN1)N1CCC[C@H]1CO. The largest absolute Gasteiger partial charge is 0.394 e. The topological polar surface area (TPSA) is 61.8 Å². The highest BCUT2D eigenvalue weighted by molar-refractivity contribution is 5.77. The molecule has 92 valence electrons. The van der Waals surface area contributed by atoms with Crippen LogP contribution in [0.25, 0.3) is 0 Å². The Labute approximate surface area is 95.8 Å². The van der Waals surface area contributed by atoms with Gasteiger partial charge in [0.05, 0.1) is 25.9 Å². The molecule has 0 aromatic heterocycles. The van der Waals surface area contributed by atoms with Gasteiger partial charge in [0.2, 0.25) is 5.91 Å². The molecule has 2 heterocycles. The number of rotatable bonds is 3. The summed E-state index contributed by atoms with van der Waals surface area (Å²) in [5.41, 5.74) is 0. The minimum absolute atomic E-state index is 0.0389. The van der Waals surface area contributed by atoms with Crippen LogP contribution in [0, 0.1) is 0 Å². The van der Waals surface area contributed by atoms with Gasteiger partial charge in [0.1, 0.15) is 0 Å². The van der Waals surface area contributed by atoms with Crippen molar-refractivity contribution < 1.29 is 14.6 Å². The van der Waals surface area contributed by atoms with Gasteiger partial charge in [-0.05, 0) is 12.8 Å². The van der Waals surface area contributed by atoms with Gasteiger partial charge in [0.25, 0.3) is 0 Å². The maximum atomic E-state index is 12.0. The maximum absolute atomic E-state index is 12.0. The Morgan fingerprint density at radius 3 is 3.12 bits per heavy atom. The molecule has 0 saturated carbocycles. The van der Waals surface area contributed by atoms with E-state index in [1.54, 1.807) is 0 Å². The van der Waals surface area contributed by atoms with Crippen molar-refractivity contribution in [2.75, 3.05) is 32.9 Å². The van der Waals surface area contributed by atoms with Gasteiger partial charge in [-0.1, -0.05) is 0 Å². The number of ether oxygens (including phenoxy) is 1. The van der Waals surface area contributed by atoms with Gasteiger partial charge in [0.15, 0.2) is 0 Å². The number of carbonyl (C=O) groups is 1. The number of amides is 1. The lowest BCUT2D eigenvalue weighted by molar-refractivity contribution is -0.134. The third kappa shape index (κ3) is 2.72. The van der Waals surface area contributed by atoms with Crippen molar-refractivity contribution in [2.45, 2.75) is 31.3 Å². The summed E-state index contributed by atoms with van der Waals surface area (Å²) in [5, 5.41) is 12.4. The second-order valence-corrected chi connectivity index (χ2v) is 4.50. The summed E-state index contributed by atoms with van der Waals surface area (Å²) in [4.78, 5) is 13.8. The summed E-state index contributed by atoms with van der Waals surface area (Å²) < 4.78 is 5.32. The van der Waals surface area contributed by atoms with Gasteiger partial charge in [-0.15, -0.1) is 0 Å². The van der Waals surface area contributed by atoms with Crippen LogP contribution in [0.2, 0.25) is 0 Å². The zero-order valence-corrected chi connectivity index (χ0v) is 9.52. The Hall–Kier alpha value is -0.650. The van der Waals surface area contributed by atoms with Crippen molar-refractivity contribution in [1.29, 1.82) is 0 Å². The zero-order chi connectivity index (χ0) is 11.4. The summed E-state index contributed by atoms with van der Waals surface area (Å²) in [7, 11) is 0. The highest BCUT2D eigenvalue weighted by Crippen LogP contribution is 2.18. The second-order valence-electron chi connectivity index (χ2n) is 4.50. The number of nitrogens with zero attached hydrogens (tertiary/aromatic N) is 1. The number of carbonyl (C=O) groups excluding carboxylic acids is 1. The molecular formula is C11H20N2O3. The van der Waals surface area contributed by atoms with E-state index >= 15 is 0 Å². The number of likely N-dealkylation sites (tertiary alicyclic amines) is 1. The van der Waals surface area contributed by atoms with E-state index in [0.29, 0.717) is 13.0 Å². The average molecular weight is 228 g/mol. The molecule has 2 fully saturated rings. The first kappa shape index (κ1) is 11.8. The molecule has 1 unspecified atom stereocenters. The smallest absolute Gasteiger partial charge is 0.224 e. The van der Waals surface area contributed by atoms with Gasteiger partial charge in [0, 0.05) is 25.6 Å². The fourth-order valence-corrected chi connectivity index (χ4v) is 2.43. The molecule has 2 rings (SSSR count). The summed E-state index contributed by atoms with van der Waals surface area (Å²) in [6.07, 6.45) is 2.42. The first-order chi connectivity index (χ1) is 7.81. The van der Waals surface area contributed by atoms with E-state index in [2.05, 4.69) is 5.32 Å². The Kier molecular flexibility index (Phi) is 4.15. The van der Waals surface area contributed by atoms with Gasteiger partial charge < -0.3 is 20.1 Å². The van der Waals surface area contributed by atoms with E-state index in [0.717, 1.165) is 32.5 Å². The molecule has 2 atom stereocenters. The first-order valence-corrected chi connectivity index (χ1v) is 6.02. The van der Waals surface area contributed by atoms with Gasteiger partial charge in [-0.25, -0.2) is 0 Å². The second kappa shape index (κ2) is 5.61. The summed E-state index contributed by atoms with van der Waals surface area (Å²) in [6, 6.07) is 0.179. The molecule has 1 amide bonds. The number of hydrogen-bond acceptors (Lipinski definition) is 4. The van der Waals surface area contributed by atoms with Crippen LogP contribution in [0.1, 0.15) is 19.3 Å². The molecule has 0 aromatic rings. The lowest BCUT2D eigenvalue weighted by Crippen LogP contribution is -2.46. The molecular weight excluding hydrogens is 208 g/mol. The monoisotopic (exact) mass is 228 g/mol. The Morgan fingerprint density at radius 2 is 2.44 bits per heavy atom. The summed E-state index contributed by atoms with van der Waals surface area (Å²) in [6.45, 7) is 3.04. The van der Waals surface area contributed by atoms with Crippen molar-refractivity contribution in [1.82, 2.24) is 10.2 Å². The molecule has 0 aromatic carbocycles. The van der Waals surface area contributed by atoms with Crippen LogP contribution in [-0.2, 0) is 9.53 Å². The molecule has 2 N–H and O–H groups in total. The molecule has 0 spiro atoms. The third-order valence-electron chi connectivity index (χ3n) is 3.33. The number of nitrogens with one attached hydrogen (secondary N) is 1. The van der Waals surface area contributed by atoms with E-state index in [4.69, 9.17) is 9.84 Å². The third-order valence-corrected chi connectivity index (χ3v) is 3.33. The predicted molar refractivity (Wildman–Crippen MR) is 59.0 cm³/mol. The molecule has 0 aliphatic carbocycles. The normalized spacial score (nSPS) is 30.7. The Bertz CT molecular complexity index is 241.